The summed E-state index contributed by atoms with van der Waals surface area (Å²) in [5.41, 5.74) is -0.596. The second-order valence-corrected chi connectivity index (χ2v) is 4.47. The predicted octanol–water partition coefficient (Wildman–Crippen LogP) is 0.428. The van der Waals surface area contributed by atoms with Gasteiger partial charge in [0.2, 0.25) is 0 Å². The van der Waals surface area contributed by atoms with Gasteiger partial charge in [-0.15, -0.1) is 0 Å². The van der Waals surface area contributed by atoms with Crippen molar-refractivity contribution in [3.05, 3.63) is 0 Å². The number of aliphatic imine (C=N–C) groups is 1. The second kappa shape index (κ2) is 4.64. The number of rotatable bonds is 3. The number of aliphatic hydroxyl groups is 1. The lowest BCUT2D eigenvalue weighted by molar-refractivity contribution is 0.0723. The smallest absolute Gasteiger partial charge is 0.193 e. The summed E-state index contributed by atoms with van der Waals surface area (Å²) < 4.78 is 0. The van der Waals surface area contributed by atoms with E-state index in [4.69, 9.17) is 0 Å². The van der Waals surface area contributed by atoms with E-state index in [2.05, 4.69) is 15.2 Å². The van der Waals surface area contributed by atoms with Crippen LogP contribution in [0.25, 0.3) is 0 Å². The molecule has 0 radical (unpaired) electrons. The summed E-state index contributed by atoms with van der Waals surface area (Å²) in [5.74, 6) is 0.959. The molecule has 0 atom stereocenters. The van der Waals surface area contributed by atoms with Crippen molar-refractivity contribution in [2.75, 3.05) is 26.7 Å². The van der Waals surface area contributed by atoms with E-state index in [9.17, 15) is 5.11 Å². The monoisotopic (exact) mass is 199 g/mol. The molecule has 0 bridgehead atoms. The van der Waals surface area contributed by atoms with Gasteiger partial charge in [0.05, 0.1) is 5.60 Å². The quantitative estimate of drug-likeness (QED) is 0.693. The topological polar surface area (TPSA) is 47.9 Å². The molecule has 0 saturated heterocycles. The van der Waals surface area contributed by atoms with Crippen molar-refractivity contribution in [1.82, 2.24) is 10.2 Å². The van der Waals surface area contributed by atoms with Gasteiger partial charge >= 0.3 is 0 Å². The van der Waals surface area contributed by atoms with Crippen LogP contribution in [0, 0.1) is 0 Å². The van der Waals surface area contributed by atoms with Gasteiger partial charge in [-0.3, -0.25) is 4.99 Å². The van der Waals surface area contributed by atoms with Crippen LogP contribution in [0.4, 0.5) is 0 Å². The molecule has 0 aromatic carbocycles. The average molecular weight is 199 g/mol. The van der Waals surface area contributed by atoms with E-state index in [-0.39, 0.29) is 0 Å². The third kappa shape index (κ3) is 3.96. The molecule has 0 aromatic rings. The summed E-state index contributed by atoms with van der Waals surface area (Å²) in [6.07, 6.45) is 1.87. The summed E-state index contributed by atoms with van der Waals surface area (Å²) in [7, 11) is 2.04. The van der Waals surface area contributed by atoms with E-state index in [1.165, 1.54) is 0 Å². The molecule has 1 aliphatic heterocycles. The Morgan fingerprint density at radius 1 is 1.57 bits per heavy atom. The molecule has 0 fully saturated rings. The Morgan fingerprint density at radius 2 is 2.29 bits per heavy atom. The first-order valence-corrected chi connectivity index (χ1v) is 5.21. The Balaban J connectivity index is 2.27. The van der Waals surface area contributed by atoms with Crippen molar-refractivity contribution in [1.29, 1.82) is 0 Å². The highest BCUT2D eigenvalue weighted by molar-refractivity contribution is 5.80. The van der Waals surface area contributed by atoms with Crippen LogP contribution in [-0.4, -0.2) is 48.2 Å². The van der Waals surface area contributed by atoms with E-state index in [0.717, 1.165) is 38.4 Å². The molecule has 1 rings (SSSR count). The first kappa shape index (κ1) is 11.3. The molecule has 0 amide bonds. The van der Waals surface area contributed by atoms with Gasteiger partial charge in [-0.1, -0.05) is 0 Å². The molecule has 0 spiro atoms. The fourth-order valence-corrected chi connectivity index (χ4v) is 1.39. The SMILES string of the molecule is CN1CCCN=C1NCCC(C)(C)O. The number of nitrogens with one attached hydrogen (secondary N) is 1. The molecule has 0 aromatic heterocycles. The highest BCUT2D eigenvalue weighted by Gasteiger charge is 2.14. The molecule has 82 valence electrons. The highest BCUT2D eigenvalue weighted by atomic mass is 16.3. The van der Waals surface area contributed by atoms with Crippen LogP contribution in [0.3, 0.4) is 0 Å². The normalized spacial score (nSPS) is 18.0. The third-order valence-electron chi connectivity index (χ3n) is 2.29. The number of nitrogens with zero attached hydrogens (tertiary/aromatic N) is 2. The molecule has 1 heterocycles. The Hall–Kier alpha value is -0.770. The molecule has 0 aliphatic carbocycles. The molecule has 1 aliphatic rings. The van der Waals surface area contributed by atoms with Crippen LogP contribution in [0.1, 0.15) is 26.7 Å². The maximum absolute atomic E-state index is 9.52. The Morgan fingerprint density at radius 3 is 2.86 bits per heavy atom. The summed E-state index contributed by atoms with van der Waals surface area (Å²) >= 11 is 0. The third-order valence-corrected chi connectivity index (χ3v) is 2.29. The zero-order valence-electron chi connectivity index (χ0n) is 9.38. The van der Waals surface area contributed by atoms with E-state index >= 15 is 0 Å². The Bertz CT molecular complexity index is 208. The van der Waals surface area contributed by atoms with Crippen LogP contribution in [-0.2, 0) is 0 Å². The van der Waals surface area contributed by atoms with Crippen molar-refractivity contribution >= 4 is 5.96 Å². The number of hydrogen-bond donors (Lipinski definition) is 2. The van der Waals surface area contributed by atoms with Gasteiger partial charge in [0.15, 0.2) is 5.96 Å². The van der Waals surface area contributed by atoms with Gasteiger partial charge in [-0.25, -0.2) is 0 Å². The van der Waals surface area contributed by atoms with Crippen molar-refractivity contribution in [3.63, 3.8) is 0 Å². The van der Waals surface area contributed by atoms with Gasteiger partial charge in [-0.05, 0) is 26.7 Å². The first-order chi connectivity index (χ1) is 6.49. The minimum absolute atomic E-state index is 0.596. The molecular formula is C10H21N3O. The lowest BCUT2D eigenvalue weighted by Crippen LogP contribution is -2.43. The molecule has 0 saturated carbocycles. The lowest BCUT2D eigenvalue weighted by Gasteiger charge is -2.26. The lowest BCUT2D eigenvalue weighted by atomic mass is 10.1. The standard InChI is InChI=1S/C10H21N3O/c1-10(2,14)5-7-12-9-11-6-4-8-13(9)3/h14H,4-8H2,1-3H3,(H,11,12). The van der Waals surface area contributed by atoms with E-state index in [1.807, 2.05) is 20.9 Å². The molecular weight excluding hydrogens is 178 g/mol. The minimum atomic E-state index is -0.596. The van der Waals surface area contributed by atoms with Crippen LogP contribution >= 0.6 is 0 Å². The Labute approximate surface area is 86.0 Å². The highest BCUT2D eigenvalue weighted by Crippen LogP contribution is 2.05. The van der Waals surface area contributed by atoms with Crippen molar-refractivity contribution in [2.24, 2.45) is 4.99 Å². The number of guanidine groups is 1. The first-order valence-electron chi connectivity index (χ1n) is 5.21. The summed E-state index contributed by atoms with van der Waals surface area (Å²) in [6, 6.07) is 0. The zero-order chi connectivity index (χ0) is 10.6. The van der Waals surface area contributed by atoms with Gasteiger partial charge in [0.25, 0.3) is 0 Å². The van der Waals surface area contributed by atoms with Crippen LogP contribution in [0.15, 0.2) is 4.99 Å². The fourth-order valence-electron chi connectivity index (χ4n) is 1.39. The molecule has 4 heteroatoms. The summed E-state index contributed by atoms with van der Waals surface area (Å²) in [5, 5.41) is 12.8. The van der Waals surface area contributed by atoms with Crippen molar-refractivity contribution in [2.45, 2.75) is 32.3 Å². The molecule has 14 heavy (non-hydrogen) atoms. The minimum Gasteiger partial charge on any atom is -0.390 e. The van der Waals surface area contributed by atoms with Gasteiger partial charge in [0.1, 0.15) is 0 Å². The number of hydrogen-bond acceptors (Lipinski definition) is 4. The zero-order valence-corrected chi connectivity index (χ0v) is 9.38. The fraction of sp³-hybridized carbons (Fsp3) is 0.900. The molecule has 0 unspecified atom stereocenters. The summed E-state index contributed by atoms with van der Waals surface area (Å²) in [4.78, 5) is 6.50. The Kier molecular flexibility index (Phi) is 3.75. The van der Waals surface area contributed by atoms with Crippen molar-refractivity contribution < 1.29 is 5.11 Å². The van der Waals surface area contributed by atoms with Crippen LogP contribution < -0.4 is 5.32 Å². The largest absolute Gasteiger partial charge is 0.390 e. The predicted molar refractivity (Wildman–Crippen MR) is 58.5 cm³/mol. The molecule has 4 nitrogen and oxygen atoms in total. The maximum Gasteiger partial charge on any atom is 0.193 e. The second-order valence-electron chi connectivity index (χ2n) is 4.47. The maximum atomic E-state index is 9.52. The van der Waals surface area contributed by atoms with Gasteiger partial charge < -0.3 is 15.3 Å². The van der Waals surface area contributed by atoms with Gasteiger partial charge in [-0.2, -0.15) is 0 Å². The van der Waals surface area contributed by atoms with E-state index in [1.54, 1.807) is 0 Å². The van der Waals surface area contributed by atoms with Crippen molar-refractivity contribution in [3.8, 4) is 0 Å². The van der Waals surface area contributed by atoms with E-state index in [0.29, 0.717) is 0 Å². The van der Waals surface area contributed by atoms with E-state index < -0.39 is 5.60 Å². The van der Waals surface area contributed by atoms with Crippen LogP contribution in [0.2, 0.25) is 0 Å². The van der Waals surface area contributed by atoms with Gasteiger partial charge in [0, 0.05) is 26.7 Å². The summed E-state index contributed by atoms with van der Waals surface area (Å²) in [6.45, 7) is 6.39. The van der Waals surface area contributed by atoms with Crippen LogP contribution in [0.5, 0.6) is 0 Å². The average Bonchev–Trinajstić information content (AvgIpc) is 2.06. The molecule has 2 N–H and O–H groups in total.